The van der Waals surface area contributed by atoms with Crippen molar-refractivity contribution in [1.29, 1.82) is 5.26 Å². The van der Waals surface area contributed by atoms with E-state index in [9.17, 15) is 4.79 Å². The summed E-state index contributed by atoms with van der Waals surface area (Å²) in [5, 5.41) is 8.90. The molecule has 0 N–H and O–H groups in total. The number of nitrogens with zero attached hydrogens (tertiary/aromatic N) is 2. The highest BCUT2D eigenvalue weighted by molar-refractivity contribution is 5.78. The molecule has 0 saturated carbocycles. The first-order valence-corrected chi connectivity index (χ1v) is 5.86. The Morgan fingerprint density at radius 1 is 1.39 bits per heavy atom. The summed E-state index contributed by atoms with van der Waals surface area (Å²) in [4.78, 5) is 13.6. The number of hydrogen-bond acceptors (Lipinski definition) is 3. The summed E-state index contributed by atoms with van der Waals surface area (Å²) in [6, 6.07) is 8.95. The Kier molecular flexibility index (Phi) is 3.98. The molecule has 1 aromatic rings. The first-order chi connectivity index (χ1) is 8.81. The quantitative estimate of drug-likeness (QED) is 0.758. The van der Waals surface area contributed by atoms with Gasteiger partial charge in [0.25, 0.3) is 5.91 Å². The van der Waals surface area contributed by atoms with Crippen LogP contribution in [0, 0.1) is 11.3 Å². The third-order valence-electron chi connectivity index (χ3n) is 2.77. The predicted octanol–water partition coefficient (Wildman–Crippen LogP) is 1.73. The van der Waals surface area contributed by atoms with E-state index < -0.39 is 0 Å². The third kappa shape index (κ3) is 2.89. The van der Waals surface area contributed by atoms with Gasteiger partial charge in [-0.2, -0.15) is 5.26 Å². The molecule has 4 heteroatoms. The Hall–Kier alpha value is -2.28. The highest BCUT2D eigenvalue weighted by atomic mass is 16.5. The number of amides is 1. The molecule has 1 heterocycles. The van der Waals surface area contributed by atoms with Gasteiger partial charge in [0.05, 0.1) is 5.56 Å². The molecule has 0 saturated heterocycles. The van der Waals surface area contributed by atoms with E-state index >= 15 is 0 Å². The molecule has 0 spiro atoms. The molecule has 0 bridgehead atoms. The minimum absolute atomic E-state index is 0.0213. The van der Waals surface area contributed by atoms with Gasteiger partial charge in [0.2, 0.25) is 0 Å². The SMILES string of the molecule is N#Cc1ccccc1OCC(=O)N1CC=CCC1. The second kappa shape index (κ2) is 5.87. The number of benzene rings is 1. The maximum Gasteiger partial charge on any atom is 0.260 e. The molecular weight excluding hydrogens is 228 g/mol. The van der Waals surface area contributed by atoms with E-state index in [4.69, 9.17) is 10.00 Å². The Morgan fingerprint density at radius 2 is 2.22 bits per heavy atom. The Labute approximate surface area is 106 Å². The molecule has 2 rings (SSSR count). The number of rotatable bonds is 3. The van der Waals surface area contributed by atoms with Crippen LogP contribution in [0.5, 0.6) is 5.75 Å². The van der Waals surface area contributed by atoms with Gasteiger partial charge in [-0.05, 0) is 18.6 Å². The summed E-state index contributed by atoms with van der Waals surface area (Å²) >= 11 is 0. The Morgan fingerprint density at radius 3 is 2.94 bits per heavy atom. The predicted molar refractivity (Wildman–Crippen MR) is 67.0 cm³/mol. The number of para-hydroxylation sites is 1. The number of nitriles is 1. The van der Waals surface area contributed by atoms with Crippen LogP contribution in [-0.4, -0.2) is 30.5 Å². The Bertz CT molecular complexity index is 503. The van der Waals surface area contributed by atoms with Crippen LogP contribution in [0.25, 0.3) is 0 Å². The van der Waals surface area contributed by atoms with Gasteiger partial charge in [0.1, 0.15) is 11.8 Å². The maximum atomic E-state index is 11.9. The van der Waals surface area contributed by atoms with Crippen LogP contribution in [0.2, 0.25) is 0 Å². The average molecular weight is 242 g/mol. The van der Waals surface area contributed by atoms with Crippen molar-refractivity contribution in [1.82, 2.24) is 4.90 Å². The molecule has 92 valence electrons. The molecule has 0 aromatic heterocycles. The third-order valence-corrected chi connectivity index (χ3v) is 2.77. The highest BCUT2D eigenvalue weighted by Gasteiger charge is 2.14. The summed E-state index contributed by atoms with van der Waals surface area (Å²) in [7, 11) is 0. The molecule has 1 aromatic carbocycles. The topological polar surface area (TPSA) is 53.3 Å². The van der Waals surface area contributed by atoms with Crippen molar-refractivity contribution < 1.29 is 9.53 Å². The second-order valence-electron chi connectivity index (χ2n) is 4.00. The molecule has 1 aliphatic rings. The smallest absolute Gasteiger partial charge is 0.260 e. The summed E-state index contributed by atoms with van der Waals surface area (Å²) in [5.41, 5.74) is 0.448. The van der Waals surface area contributed by atoms with Crippen molar-refractivity contribution in [3.63, 3.8) is 0 Å². The molecule has 0 atom stereocenters. The fourth-order valence-corrected chi connectivity index (χ4v) is 1.78. The fourth-order valence-electron chi connectivity index (χ4n) is 1.78. The van der Waals surface area contributed by atoms with E-state index in [1.807, 2.05) is 12.1 Å². The van der Waals surface area contributed by atoms with Gasteiger partial charge < -0.3 is 9.64 Å². The van der Waals surface area contributed by atoms with Crippen molar-refractivity contribution >= 4 is 5.91 Å². The lowest BCUT2D eigenvalue weighted by Crippen LogP contribution is -2.37. The first-order valence-electron chi connectivity index (χ1n) is 5.86. The van der Waals surface area contributed by atoms with Gasteiger partial charge in [-0.15, -0.1) is 0 Å². The normalized spacial score (nSPS) is 14.1. The highest BCUT2D eigenvalue weighted by Crippen LogP contribution is 2.16. The zero-order chi connectivity index (χ0) is 12.8. The molecule has 0 unspecified atom stereocenters. The van der Waals surface area contributed by atoms with Crippen molar-refractivity contribution in [2.75, 3.05) is 19.7 Å². The maximum absolute atomic E-state index is 11.9. The minimum Gasteiger partial charge on any atom is -0.482 e. The van der Waals surface area contributed by atoms with Crippen LogP contribution in [0.15, 0.2) is 36.4 Å². The summed E-state index contributed by atoms with van der Waals surface area (Å²) < 4.78 is 5.41. The van der Waals surface area contributed by atoms with Crippen LogP contribution in [0.1, 0.15) is 12.0 Å². The number of carbonyl (C=O) groups excluding carboxylic acids is 1. The molecule has 0 radical (unpaired) electrons. The molecular formula is C14H14N2O2. The minimum atomic E-state index is -0.0490. The van der Waals surface area contributed by atoms with E-state index in [2.05, 4.69) is 6.08 Å². The van der Waals surface area contributed by atoms with Gasteiger partial charge in [-0.25, -0.2) is 0 Å². The molecule has 4 nitrogen and oxygen atoms in total. The number of carbonyl (C=O) groups is 1. The van der Waals surface area contributed by atoms with E-state index in [0.29, 0.717) is 17.9 Å². The summed E-state index contributed by atoms with van der Waals surface area (Å²) in [5.74, 6) is 0.410. The summed E-state index contributed by atoms with van der Waals surface area (Å²) in [6.07, 6.45) is 4.93. The second-order valence-corrected chi connectivity index (χ2v) is 4.00. The molecule has 0 fully saturated rings. The standard InChI is InChI=1S/C14H14N2O2/c15-10-12-6-2-3-7-13(12)18-11-14(17)16-8-4-1-5-9-16/h1-4,6-7H,5,8-9,11H2. The molecule has 0 aliphatic carbocycles. The van der Waals surface area contributed by atoms with E-state index in [0.717, 1.165) is 13.0 Å². The van der Waals surface area contributed by atoms with E-state index in [1.165, 1.54) is 0 Å². The average Bonchev–Trinajstić information content (AvgIpc) is 2.46. The zero-order valence-electron chi connectivity index (χ0n) is 10.0. The van der Waals surface area contributed by atoms with Gasteiger partial charge in [0, 0.05) is 13.1 Å². The van der Waals surface area contributed by atoms with Crippen molar-refractivity contribution in [3.05, 3.63) is 42.0 Å². The summed E-state index contributed by atoms with van der Waals surface area (Å²) in [6.45, 7) is 1.35. The van der Waals surface area contributed by atoms with Crippen molar-refractivity contribution in [3.8, 4) is 11.8 Å². The lowest BCUT2D eigenvalue weighted by molar-refractivity contribution is -0.133. The Balaban J connectivity index is 1.93. The van der Waals surface area contributed by atoms with Crippen LogP contribution in [0.3, 0.4) is 0 Å². The lowest BCUT2D eigenvalue weighted by atomic mass is 10.2. The molecule has 18 heavy (non-hydrogen) atoms. The molecule has 1 amide bonds. The van der Waals surface area contributed by atoms with Crippen LogP contribution >= 0.6 is 0 Å². The van der Waals surface area contributed by atoms with Crippen LogP contribution < -0.4 is 4.74 Å². The van der Waals surface area contributed by atoms with Crippen molar-refractivity contribution in [2.24, 2.45) is 0 Å². The number of ether oxygens (including phenoxy) is 1. The van der Waals surface area contributed by atoms with E-state index in [1.54, 1.807) is 29.2 Å². The molecule has 1 aliphatic heterocycles. The monoisotopic (exact) mass is 242 g/mol. The van der Waals surface area contributed by atoms with Gasteiger partial charge in [0.15, 0.2) is 6.61 Å². The number of hydrogen-bond donors (Lipinski definition) is 0. The zero-order valence-corrected chi connectivity index (χ0v) is 10.0. The van der Waals surface area contributed by atoms with Crippen molar-refractivity contribution in [2.45, 2.75) is 6.42 Å². The van der Waals surface area contributed by atoms with Gasteiger partial charge >= 0.3 is 0 Å². The van der Waals surface area contributed by atoms with Gasteiger partial charge in [-0.3, -0.25) is 4.79 Å². The van der Waals surface area contributed by atoms with Crippen LogP contribution in [0.4, 0.5) is 0 Å². The van der Waals surface area contributed by atoms with Gasteiger partial charge in [-0.1, -0.05) is 24.3 Å². The van der Waals surface area contributed by atoms with E-state index in [-0.39, 0.29) is 12.5 Å². The fraction of sp³-hybridized carbons (Fsp3) is 0.286. The van der Waals surface area contributed by atoms with Crippen LogP contribution in [-0.2, 0) is 4.79 Å². The first kappa shape index (κ1) is 12.2. The largest absolute Gasteiger partial charge is 0.482 e. The lowest BCUT2D eigenvalue weighted by Gasteiger charge is -2.23.